The number of nitrogens with one attached hydrogen (secondary N) is 1. The van der Waals surface area contributed by atoms with Gasteiger partial charge in [0.2, 0.25) is 5.91 Å². The molecule has 0 aliphatic heterocycles. The summed E-state index contributed by atoms with van der Waals surface area (Å²) < 4.78 is 2.93. The Morgan fingerprint density at radius 1 is 1.50 bits per heavy atom. The Morgan fingerprint density at radius 3 is 2.94 bits per heavy atom. The van der Waals surface area contributed by atoms with Gasteiger partial charge in [-0.3, -0.25) is 4.79 Å². The molecule has 0 fully saturated rings. The van der Waals surface area contributed by atoms with Gasteiger partial charge in [-0.1, -0.05) is 23.9 Å². The van der Waals surface area contributed by atoms with Crippen molar-refractivity contribution in [3.63, 3.8) is 0 Å². The quantitative estimate of drug-likeness (QED) is 0.662. The average Bonchev–Trinajstić information content (AvgIpc) is 2.75. The van der Waals surface area contributed by atoms with Gasteiger partial charge in [0, 0.05) is 23.0 Å². The number of benzene rings is 1. The van der Waals surface area contributed by atoms with E-state index >= 15 is 0 Å². The summed E-state index contributed by atoms with van der Waals surface area (Å²) in [5.41, 5.74) is 0.851. The highest BCUT2D eigenvalue weighted by molar-refractivity contribution is 14.1. The number of aromatic nitrogens is 2. The number of imidazole rings is 1. The van der Waals surface area contributed by atoms with Crippen LogP contribution in [-0.4, -0.2) is 21.2 Å². The third-order valence-corrected chi connectivity index (χ3v) is 4.26. The molecule has 1 N–H and O–H groups in total. The van der Waals surface area contributed by atoms with Crippen LogP contribution in [0.2, 0.25) is 0 Å². The molecule has 4 nitrogen and oxygen atoms in total. The van der Waals surface area contributed by atoms with Crippen molar-refractivity contribution in [2.24, 2.45) is 7.05 Å². The second-order valence-corrected chi connectivity index (χ2v) is 5.74. The van der Waals surface area contributed by atoms with Crippen molar-refractivity contribution in [1.29, 1.82) is 0 Å². The molecule has 18 heavy (non-hydrogen) atoms. The number of nitrogens with zero attached hydrogens (tertiary/aromatic N) is 2. The molecule has 0 radical (unpaired) electrons. The summed E-state index contributed by atoms with van der Waals surface area (Å²) in [5.74, 6) is 0.336. The first-order valence-electron chi connectivity index (χ1n) is 5.31. The monoisotopic (exact) mass is 373 g/mol. The fraction of sp³-hybridized carbons (Fsp3) is 0.167. The second-order valence-electron chi connectivity index (χ2n) is 3.64. The van der Waals surface area contributed by atoms with Gasteiger partial charge >= 0.3 is 0 Å². The van der Waals surface area contributed by atoms with E-state index in [1.54, 1.807) is 6.20 Å². The molecule has 1 heterocycles. The number of amides is 1. The van der Waals surface area contributed by atoms with Crippen molar-refractivity contribution in [1.82, 2.24) is 9.55 Å². The van der Waals surface area contributed by atoms with Crippen LogP contribution in [0.5, 0.6) is 0 Å². The number of carbonyl (C=O) groups is 1. The van der Waals surface area contributed by atoms with Crippen LogP contribution in [0.3, 0.4) is 0 Å². The van der Waals surface area contributed by atoms with E-state index < -0.39 is 0 Å². The van der Waals surface area contributed by atoms with Gasteiger partial charge in [-0.05, 0) is 34.7 Å². The molecule has 0 atom stereocenters. The first-order valence-corrected chi connectivity index (χ1v) is 7.38. The highest BCUT2D eigenvalue weighted by Gasteiger charge is 2.07. The zero-order chi connectivity index (χ0) is 13.0. The Morgan fingerprint density at radius 2 is 2.28 bits per heavy atom. The first kappa shape index (κ1) is 13.4. The van der Waals surface area contributed by atoms with Gasteiger partial charge in [-0.25, -0.2) is 4.98 Å². The molecule has 1 aromatic heterocycles. The van der Waals surface area contributed by atoms with E-state index in [2.05, 4.69) is 32.9 Å². The van der Waals surface area contributed by atoms with Crippen molar-refractivity contribution >= 4 is 45.9 Å². The average molecular weight is 373 g/mol. The van der Waals surface area contributed by atoms with Gasteiger partial charge in [0.15, 0.2) is 5.16 Å². The highest BCUT2D eigenvalue weighted by Crippen LogP contribution is 2.18. The minimum atomic E-state index is -0.0212. The zero-order valence-corrected chi connectivity index (χ0v) is 12.7. The molecule has 2 aromatic rings. The fourth-order valence-corrected chi connectivity index (χ4v) is 2.62. The van der Waals surface area contributed by atoms with Crippen LogP contribution in [0.15, 0.2) is 41.8 Å². The minimum absolute atomic E-state index is 0.0212. The Bertz CT molecular complexity index is 556. The van der Waals surface area contributed by atoms with Crippen LogP contribution in [-0.2, 0) is 11.8 Å². The Kier molecular flexibility index (Phi) is 4.65. The van der Waals surface area contributed by atoms with Crippen LogP contribution in [0.1, 0.15) is 0 Å². The summed E-state index contributed by atoms with van der Waals surface area (Å²) in [6.45, 7) is 0. The minimum Gasteiger partial charge on any atom is -0.329 e. The normalized spacial score (nSPS) is 10.3. The molecule has 1 aromatic carbocycles. The predicted octanol–water partition coefficient (Wildman–Crippen LogP) is 2.76. The molecule has 0 unspecified atom stereocenters. The number of thioether (sulfide) groups is 1. The van der Waals surface area contributed by atoms with E-state index in [1.165, 1.54) is 11.8 Å². The number of hydrogen-bond donors (Lipinski definition) is 1. The van der Waals surface area contributed by atoms with Crippen LogP contribution >= 0.6 is 34.4 Å². The molecule has 0 saturated carbocycles. The van der Waals surface area contributed by atoms with Crippen molar-refractivity contribution < 1.29 is 4.79 Å². The van der Waals surface area contributed by atoms with E-state index in [0.717, 1.165) is 14.4 Å². The van der Waals surface area contributed by atoms with E-state index in [4.69, 9.17) is 0 Å². The number of anilines is 1. The van der Waals surface area contributed by atoms with Gasteiger partial charge in [0.05, 0.1) is 11.4 Å². The summed E-state index contributed by atoms with van der Waals surface area (Å²) in [4.78, 5) is 16.0. The topological polar surface area (TPSA) is 46.9 Å². The zero-order valence-electron chi connectivity index (χ0n) is 9.76. The van der Waals surface area contributed by atoms with Crippen LogP contribution < -0.4 is 5.32 Å². The lowest BCUT2D eigenvalue weighted by Gasteiger charge is -2.06. The standard InChI is InChI=1S/C12H12IN3OS/c1-16-7-6-14-12(16)18-8-11(17)15-10-5-3-2-4-9(10)13/h2-7H,8H2,1H3,(H,15,17). The Hall–Kier alpha value is -1.02. The third-order valence-electron chi connectivity index (χ3n) is 2.26. The number of rotatable bonds is 4. The van der Waals surface area contributed by atoms with E-state index in [9.17, 15) is 4.79 Å². The SMILES string of the molecule is Cn1ccnc1SCC(=O)Nc1ccccc1I. The summed E-state index contributed by atoms with van der Waals surface area (Å²) in [6, 6.07) is 7.71. The largest absolute Gasteiger partial charge is 0.329 e. The van der Waals surface area contributed by atoms with Gasteiger partial charge in [0.1, 0.15) is 0 Å². The summed E-state index contributed by atoms with van der Waals surface area (Å²) in [6.07, 6.45) is 3.58. The molecular formula is C12H12IN3OS. The van der Waals surface area contributed by atoms with Gasteiger partial charge in [0.25, 0.3) is 0 Å². The lowest BCUT2D eigenvalue weighted by molar-refractivity contribution is -0.113. The lowest BCUT2D eigenvalue weighted by Crippen LogP contribution is -2.15. The number of halogens is 1. The molecule has 0 saturated heterocycles. The van der Waals surface area contributed by atoms with Crippen molar-refractivity contribution in [3.8, 4) is 0 Å². The van der Waals surface area contributed by atoms with E-state index in [-0.39, 0.29) is 5.91 Å². The van der Waals surface area contributed by atoms with E-state index in [0.29, 0.717) is 5.75 Å². The maximum Gasteiger partial charge on any atom is 0.234 e. The lowest BCUT2D eigenvalue weighted by atomic mass is 10.3. The number of hydrogen-bond acceptors (Lipinski definition) is 3. The maximum absolute atomic E-state index is 11.8. The maximum atomic E-state index is 11.8. The van der Waals surface area contributed by atoms with Crippen molar-refractivity contribution in [3.05, 3.63) is 40.2 Å². The molecule has 0 aliphatic carbocycles. The van der Waals surface area contributed by atoms with E-state index in [1.807, 2.05) is 42.1 Å². The molecule has 0 spiro atoms. The Labute approximate surface area is 123 Å². The highest BCUT2D eigenvalue weighted by atomic mass is 127. The summed E-state index contributed by atoms with van der Waals surface area (Å²) in [7, 11) is 1.91. The molecule has 0 bridgehead atoms. The Balaban J connectivity index is 1.90. The number of aryl methyl sites for hydroxylation is 1. The molecule has 1 amide bonds. The number of carbonyl (C=O) groups excluding carboxylic acids is 1. The summed E-state index contributed by atoms with van der Waals surface area (Å²) >= 11 is 3.62. The van der Waals surface area contributed by atoms with Gasteiger partial charge in [-0.15, -0.1) is 0 Å². The first-order chi connectivity index (χ1) is 8.66. The fourth-order valence-electron chi connectivity index (χ4n) is 1.37. The molecule has 2 rings (SSSR count). The number of para-hydroxylation sites is 1. The van der Waals surface area contributed by atoms with Crippen LogP contribution in [0.25, 0.3) is 0 Å². The second kappa shape index (κ2) is 6.24. The molecule has 0 aliphatic rings. The van der Waals surface area contributed by atoms with Crippen molar-refractivity contribution in [2.75, 3.05) is 11.1 Å². The van der Waals surface area contributed by atoms with Crippen molar-refractivity contribution in [2.45, 2.75) is 5.16 Å². The summed E-state index contributed by atoms with van der Waals surface area (Å²) in [5, 5.41) is 3.73. The smallest absolute Gasteiger partial charge is 0.234 e. The van der Waals surface area contributed by atoms with Gasteiger partial charge < -0.3 is 9.88 Å². The van der Waals surface area contributed by atoms with Gasteiger partial charge in [-0.2, -0.15) is 0 Å². The van der Waals surface area contributed by atoms with Crippen LogP contribution in [0, 0.1) is 3.57 Å². The third kappa shape index (κ3) is 3.49. The van der Waals surface area contributed by atoms with Crippen LogP contribution in [0.4, 0.5) is 5.69 Å². The molecular weight excluding hydrogens is 361 g/mol. The predicted molar refractivity (Wildman–Crippen MR) is 81.7 cm³/mol. The molecule has 6 heteroatoms. The molecule has 94 valence electrons.